The molecule has 0 saturated carbocycles. The lowest BCUT2D eigenvalue weighted by Gasteiger charge is -2.13. The van der Waals surface area contributed by atoms with E-state index in [4.69, 9.17) is 5.73 Å². The average Bonchev–Trinajstić information content (AvgIpc) is 2.37. The van der Waals surface area contributed by atoms with Gasteiger partial charge in [-0.1, -0.05) is 43.2 Å². The van der Waals surface area contributed by atoms with E-state index in [-0.39, 0.29) is 17.9 Å². The number of rotatable bonds is 7. The summed E-state index contributed by atoms with van der Waals surface area (Å²) >= 11 is 0. The molecule has 0 fully saturated rings. The van der Waals surface area contributed by atoms with Crippen LogP contribution in [0, 0.1) is 12.8 Å². The maximum atomic E-state index is 11.9. The highest BCUT2D eigenvalue weighted by Crippen LogP contribution is 2.10. The van der Waals surface area contributed by atoms with Gasteiger partial charge in [0.1, 0.15) is 0 Å². The van der Waals surface area contributed by atoms with E-state index in [1.54, 1.807) is 0 Å². The first-order chi connectivity index (χ1) is 8.99. The van der Waals surface area contributed by atoms with Gasteiger partial charge in [0.15, 0.2) is 0 Å². The molecule has 0 aliphatic rings. The third kappa shape index (κ3) is 6.39. The molecule has 1 rings (SSSR count). The highest BCUT2D eigenvalue weighted by Gasteiger charge is 2.12. The lowest BCUT2D eigenvalue weighted by Crippen LogP contribution is -2.29. The topological polar surface area (TPSA) is 55.1 Å². The third-order valence-electron chi connectivity index (χ3n) is 3.33. The Balaban J connectivity index is 2.28. The van der Waals surface area contributed by atoms with E-state index < -0.39 is 0 Å². The molecule has 0 aromatic heterocycles. The fourth-order valence-corrected chi connectivity index (χ4v) is 1.95. The number of amides is 1. The molecule has 1 aromatic rings. The van der Waals surface area contributed by atoms with Crippen LogP contribution in [-0.4, -0.2) is 11.9 Å². The van der Waals surface area contributed by atoms with E-state index >= 15 is 0 Å². The summed E-state index contributed by atoms with van der Waals surface area (Å²) < 4.78 is 0. The number of benzene rings is 1. The molecule has 0 radical (unpaired) electrons. The SMILES string of the molecule is Cc1ccc(CNC(=O)C(C)CCCC(C)N)cc1. The second-order valence-corrected chi connectivity index (χ2v) is 5.51. The zero-order valence-electron chi connectivity index (χ0n) is 12.3. The molecular formula is C16H26N2O. The summed E-state index contributed by atoms with van der Waals surface area (Å²) in [6.07, 6.45) is 2.90. The van der Waals surface area contributed by atoms with E-state index in [2.05, 4.69) is 36.5 Å². The van der Waals surface area contributed by atoms with Gasteiger partial charge in [-0.25, -0.2) is 0 Å². The molecule has 2 unspecified atom stereocenters. The van der Waals surface area contributed by atoms with Crippen LogP contribution >= 0.6 is 0 Å². The Bertz CT molecular complexity index is 384. The zero-order chi connectivity index (χ0) is 14.3. The number of nitrogens with two attached hydrogens (primary N) is 1. The van der Waals surface area contributed by atoms with Crippen molar-refractivity contribution >= 4 is 5.91 Å². The van der Waals surface area contributed by atoms with Gasteiger partial charge in [-0.3, -0.25) is 4.79 Å². The van der Waals surface area contributed by atoms with Gasteiger partial charge in [0.25, 0.3) is 0 Å². The van der Waals surface area contributed by atoms with Crippen LogP contribution in [0.1, 0.15) is 44.2 Å². The second-order valence-electron chi connectivity index (χ2n) is 5.51. The van der Waals surface area contributed by atoms with Crippen molar-refractivity contribution in [3.05, 3.63) is 35.4 Å². The van der Waals surface area contributed by atoms with E-state index in [1.165, 1.54) is 5.56 Å². The van der Waals surface area contributed by atoms with Crippen molar-refractivity contribution in [1.29, 1.82) is 0 Å². The van der Waals surface area contributed by atoms with Gasteiger partial charge in [0.05, 0.1) is 0 Å². The van der Waals surface area contributed by atoms with Gasteiger partial charge >= 0.3 is 0 Å². The van der Waals surface area contributed by atoms with Gasteiger partial charge in [0.2, 0.25) is 5.91 Å². The molecule has 0 spiro atoms. The Morgan fingerprint density at radius 1 is 1.21 bits per heavy atom. The minimum atomic E-state index is 0.0594. The maximum Gasteiger partial charge on any atom is 0.223 e. The Kier molecular flexibility index (Phi) is 6.57. The quantitative estimate of drug-likeness (QED) is 0.794. The summed E-state index contributed by atoms with van der Waals surface area (Å²) in [7, 11) is 0. The number of hydrogen-bond donors (Lipinski definition) is 2. The molecule has 19 heavy (non-hydrogen) atoms. The van der Waals surface area contributed by atoms with Gasteiger partial charge in [-0.2, -0.15) is 0 Å². The van der Waals surface area contributed by atoms with E-state index in [0.717, 1.165) is 24.8 Å². The van der Waals surface area contributed by atoms with Crippen LogP contribution in [-0.2, 0) is 11.3 Å². The zero-order valence-corrected chi connectivity index (χ0v) is 12.3. The van der Waals surface area contributed by atoms with Crippen LogP contribution in [0.4, 0.5) is 0 Å². The predicted molar refractivity (Wildman–Crippen MR) is 79.7 cm³/mol. The monoisotopic (exact) mass is 262 g/mol. The molecule has 1 aromatic carbocycles. The third-order valence-corrected chi connectivity index (χ3v) is 3.33. The molecule has 1 amide bonds. The number of hydrogen-bond acceptors (Lipinski definition) is 2. The fourth-order valence-electron chi connectivity index (χ4n) is 1.95. The average molecular weight is 262 g/mol. The molecule has 2 atom stereocenters. The van der Waals surface area contributed by atoms with Crippen LogP contribution < -0.4 is 11.1 Å². The molecule has 0 heterocycles. The van der Waals surface area contributed by atoms with Crippen molar-refractivity contribution in [3.8, 4) is 0 Å². The van der Waals surface area contributed by atoms with Crippen LogP contribution in [0.2, 0.25) is 0 Å². The molecule has 106 valence electrons. The number of aryl methyl sites for hydroxylation is 1. The number of nitrogens with one attached hydrogen (secondary N) is 1. The highest BCUT2D eigenvalue weighted by atomic mass is 16.1. The summed E-state index contributed by atoms with van der Waals surface area (Å²) in [6.45, 7) is 6.65. The molecule has 0 aliphatic carbocycles. The molecule has 0 saturated heterocycles. The number of carbonyl (C=O) groups excluding carboxylic acids is 1. The lowest BCUT2D eigenvalue weighted by atomic mass is 10.0. The Hall–Kier alpha value is -1.35. The maximum absolute atomic E-state index is 11.9. The summed E-state index contributed by atoms with van der Waals surface area (Å²) in [5, 5.41) is 2.99. The molecule has 3 nitrogen and oxygen atoms in total. The molecule has 0 aliphatic heterocycles. The van der Waals surface area contributed by atoms with Crippen molar-refractivity contribution in [1.82, 2.24) is 5.32 Å². The second kappa shape index (κ2) is 7.95. The number of carbonyl (C=O) groups is 1. The van der Waals surface area contributed by atoms with Crippen molar-refractivity contribution in [2.24, 2.45) is 11.7 Å². The van der Waals surface area contributed by atoms with Crippen LogP contribution in [0.5, 0.6) is 0 Å². The van der Waals surface area contributed by atoms with Crippen molar-refractivity contribution < 1.29 is 4.79 Å². The van der Waals surface area contributed by atoms with Gasteiger partial charge < -0.3 is 11.1 Å². The Morgan fingerprint density at radius 3 is 2.42 bits per heavy atom. The minimum Gasteiger partial charge on any atom is -0.352 e. The minimum absolute atomic E-state index is 0.0594. The summed E-state index contributed by atoms with van der Waals surface area (Å²) in [4.78, 5) is 11.9. The normalized spacial score (nSPS) is 13.9. The molecular weight excluding hydrogens is 236 g/mol. The van der Waals surface area contributed by atoms with Crippen LogP contribution in [0.3, 0.4) is 0 Å². The molecule has 3 heteroatoms. The molecule has 0 bridgehead atoms. The molecule has 3 N–H and O–H groups in total. The van der Waals surface area contributed by atoms with Crippen LogP contribution in [0.25, 0.3) is 0 Å². The Morgan fingerprint density at radius 2 is 1.84 bits per heavy atom. The summed E-state index contributed by atoms with van der Waals surface area (Å²) in [5.41, 5.74) is 8.08. The van der Waals surface area contributed by atoms with Crippen LogP contribution in [0.15, 0.2) is 24.3 Å². The van der Waals surface area contributed by atoms with Crippen molar-refractivity contribution in [3.63, 3.8) is 0 Å². The van der Waals surface area contributed by atoms with E-state index in [1.807, 2.05) is 13.8 Å². The fraction of sp³-hybridized carbons (Fsp3) is 0.562. The predicted octanol–water partition coefficient (Wildman–Crippen LogP) is 2.76. The largest absolute Gasteiger partial charge is 0.352 e. The van der Waals surface area contributed by atoms with E-state index in [9.17, 15) is 4.79 Å². The first-order valence-electron chi connectivity index (χ1n) is 7.08. The van der Waals surface area contributed by atoms with Crippen molar-refractivity contribution in [2.75, 3.05) is 0 Å². The summed E-state index contributed by atoms with van der Waals surface area (Å²) in [5.74, 6) is 0.189. The first kappa shape index (κ1) is 15.7. The van der Waals surface area contributed by atoms with E-state index in [0.29, 0.717) is 6.54 Å². The smallest absolute Gasteiger partial charge is 0.223 e. The van der Waals surface area contributed by atoms with Gasteiger partial charge in [0, 0.05) is 18.5 Å². The first-order valence-corrected chi connectivity index (χ1v) is 7.08. The van der Waals surface area contributed by atoms with Gasteiger partial charge in [-0.15, -0.1) is 0 Å². The Labute approximate surface area is 116 Å². The lowest BCUT2D eigenvalue weighted by molar-refractivity contribution is -0.124. The van der Waals surface area contributed by atoms with Gasteiger partial charge in [-0.05, 0) is 32.3 Å². The standard InChI is InChI=1S/C16H26N2O/c1-12-7-9-15(10-8-12)11-18-16(19)13(2)5-4-6-14(3)17/h7-10,13-14H,4-6,11,17H2,1-3H3,(H,18,19). The van der Waals surface area contributed by atoms with Crippen molar-refractivity contribution in [2.45, 2.75) is 52.6 Å². The summed E-state index contributed by atoms with van der Waals surface area (Å²) in [6, 6.07) is 8.45. The highest BCUT2D eigenvalue weighted by molar-refractivity contribution is 5.78.